The lowest BCUT2D eigenvalue weighted by molar-refractivity contribution is 0.162. The molecule has 1 unspecified atom stereocenters. The first-order valence-electron chi connectivity index (χ1n) is 6.63. The molecule has 0 amide bonds. The second-order valence-electron chi connectivity index (χ2n) is 4.86. The van der Waals surface area contributed by atoms with Gasteiger partial charge >= 0.3 is 0 Å². The molecular formula is C15H25NO2. The molecule has 0 saturated carbocycles. The van der Waals surface area contributed by atoms with Gasteiger partial charge in [0.2, 0.25) is 0 Å². The average Bonchev–Trinajstić information content (AvgIpc) is 2.75. The van der Waals surface area contributed by atoms with Crippen LogP contribution in [0.5, 0.6) is 0 Å². The molecular weight excluding hydrogens is 226 g/mol. The van der Waals surface area contributed by atoms with Crippen molar-refractivity contribution < 1.29 is 9.15 Å². The number of ether oxygens (including phenoxy) is 1. The van der Waals surface area contributed by atoms with Crippen LogP contribution in [0.3, 0.4) is 0 Å². The van der Waals surface area contributed by atoms with Gasteiger partial charge in [-0.15, -0.1) is 0 Å². The number of nitrogens with one attached hydrogen (secondary N) is 1. The molecule has 1 atom stereocenters. The molecule has 1 heterocycles. The van der Waals surface area contributed by atoms with Crippen LogP contribution in [0.25, 0.3) is 0 Å². The van der Waals surface area contributed by atoms with Gasteiger partial charge in [-0.1, -0.05) is 33.3 Å². The zero-order chi connectivity index (χ0) is 13.4. The summed E-state index contributed by atoms with van der Waals surface area (Å²) in [7, 11) is 1.66. The van der Waals surface area contributed by atoms with Crippen LogP contribution in [0, 0.1) is 5.92 Å². The van der Waals surface area contributed by atoms with E-state index in [4.69, 9.17) is 9.15 Å². The third-order valence-corrected chi connectivity index (χ3v) is 2.89. The van der Waals surface area contributed by atoms with Crippen molar-refractivity contribution in [2.45, 2.75) is 46.3 Å². The van der Waals surface area contributed by atoms with Gasteiger partial charge in [0.25, 0.3) is 0 Å². The summed E-state index contributed by atoms with van der Waals surface area (Å²) in [6, 6.07) is 3.92. The Morgan fingerprint density at radius 3 is 2.83 bits per heavy atom. The summed E-state index contributed by atoms with van der Waals surface area (Å²) in [6.45, 7) is 9.75. The van der Waals surface area contributed by atoms with Crippen molar-refractivity contribution >= 4 is 0 Å². The molecule has 0 spiro atoms. The average molecular weight is 251 g/mol. The Kier molecular flexibility index (Phi) is 6.58. The Hall–Kier alpha value is -1.22. The molecule has 1 N–H and O–H groups in total. The maximum atomic E-state index is 5.60. The van der Waals surface area contributed by atoms with E-state index >= 15 is 0 Å². The molecule has 102 valence electrons. The number of furan rings is 1. The first-order valence-corrected chi connectivity index (χ1v) is 6.63. The number of rotatable bonds is 9. The van der Waals surface area contributed by atoms with E-state index in [0.29, 0.717) is 19.1 Å². The van der Waals surface area contributed by atoms with E-state index in [-0.39, 0.29) is 0 Å². The topological polar surface area (TPSA) is 34.4 Å². The Morgan fingerprint density at radius 1 is 1.44 bits per heavy atom. The minimum Gasteiger partial charge on any atom is -0.462 e. The normalized spacial score (nSPS) is 12.4. The molecule has 0 fully saturated rings. The minimum absolute atomic E-state index is 0.522. The monoisotopic (exact) mass is 251 g/mol. The lowest BCUT2D eigenvalue weighted by atomic mass is 10.0. The molecule has 3 nitrogen and oxygen atoms in total. The number of hydrogen-bond acceptors (Lipinski definition) is 3. The lowest BCUT2D eigenvalue weighted by Crippen LogP contribution is -2.13. The van der Waals surface area contributed by atoms with Crippen molar-refractivity contribution in [3.05, 3.63) is 35.9 Å². The Bertz CT molecular complexity index is 357. The first-order chi connectivity index (χ1) is 8.65. The van der Waals surface area contributed by atoms with E-state index in [1.165, 1.54) is 12.8 Å². The van der Waals surface area contributed by atoms with Gasteiger partial charge in [-0.2, -0.15) is 0 Å². The quantitative estimate of drug-likeness (QED) is 0.723. The summed E-state index contributed by atoms with van der Waals surface area (Å²) in [5, 5.41) is 3.31. The fourth-order valence-corrected chi connectivity index (χ4v) is 2.04. The molecule has 0 aromatic carbocycles. The second-order valence-corrected chi connectivity index (χ2v) is 4.86. The van der Waals surface area contributed by atoms with Crippen LogP contribution in [0.2, 0.25) is 0 Å². The van der Waals surface area contributed by atoms with E-state index in [2.05, 4.69) is 25.7 Å². The first kappa shape index (κ1) is 14.8. The SMILES string of the molecule is C=C(CC(C)CCC)NCc1ccc(COC)o1. The van der Waals surface area contributed by atoms with Gasteiger partial charge in [0.05, 0.1) is 6.54 Å². The van der Waals surface area contributed by atoms with Crippen molar-refractivity contribution in [3.8, 4) is 0 Å². The Balaban J connectivity index is 2.28. The highest BCUT2D eigenvalue weighted by molar-refractivity contribution is 5.07. The van der Waals surface area contributed by atoms with E-state index in [1.807, 2.05) is 12.1 Å². The Morgan fingerprint density at radius 2 is 2.17 bits per heavy atom. The van der Waals surface area contributed by atoms with Crippen molar-refractivity contribution in [1.29, 1.82) is 0 Å². The maximum absolute atomic E-state index is 5.60. The smallest absolute Gasteiger partial charge is 0.129 e. The van der Waals surface area contributed by atoms with E-state index in [9.17, 15) is 0 Å². The predicted molar refractivity (Wildman–Crippen MR) is 74.1 cm³/mol. The molecule has 0 saturated heterocycles. The molecule has 18 heavy (non-hydrogen) atoms. The summed E-state index contributed by atoms with van der Waals surface area (Å²) < 4.78 is 10.6. The largest absolute Gasteiger partial charge is 0.462 e. The summed E-state index contributed by atoms with van der Waals surface area (Å²) in [4.78, 5) is 0. The Labute approximate surface area is 110 Å². The summed E-state index contributed by atoms with van der Waals surface area (Å²) >= 11 is 0. The van der Waals surface area contributed by atoms with Gasteiger partial charge in [-0.25, -0.2) is 0 Å². The summed E-state index contributed by atoms with van der Waals surface area (Å²) in [5.41, 5.74) is 1.08. The highest BCUT2D eigenvalue weighted by Gasteiger charge is 2.05. The molecule has 1 rings (SSSR count). The predicted octanol–water partition coefficient (Wildman–Crippen LogP) is 3.86. The van der Waals surface area contributed by atoms with Crippen LogP contribution < -0.4 is 5.32 Å². The standard InChI is InChI=1S/C15H25NO2/c1-5-6-12(2)9-13(3)16-10-14-7-8-15(18-14)11-17-4/h7-8,12,16H,3,5-6,9-11H2,1-2,4H3. The van der Waals surface area contributed by atoms with Crippen molar-refractivity contribution in [2.75, 3.05) is 7.11 Å². The second kappa shape index (κ2) is 7.98. The molecule has 3 heteroatoms. The van der Waals surface area contributed by atoms with Gasteiger partial charge in [0, 0.05) is 12.8 Å². The third kappa shape index (κ3) is 5.41. The summed E-state index contributed by atoms with van der Waals surface area (Å²) in [5.74, 6) is 2.47. The van der Waals surface area contributed by atoms with Crippen molar-refractivity contribution in [3.63, 3.8) is 0 Å². The van der Waals surface area contributed by atoms with Crippen molar-refractivity contribution in [2.24, 2.45) is 5.92 Å². The molecule has 1 aromatic heterocycles. The third-order valence-electron chi connectivity index (χ3n) is 2.89. The van der Waals surface area contributed by atoms with Crippen LogP contribution >= 0.6 is 0 Å². The van der Waals surface area contributed by atoms with E-state index < -0.39 is 0 Å². The molecule has 1 aromatic rings. The maximum Gasteiger partial charge on any atom is 0.129 e. The number of hydrogen-bond donors (Lipinski definition) is 1. The molecule has 0 bridgehead atoms. The molecule has 0 aliphatic carbocycles. The number of methoxy groups -OCH3 is 1. The lowest BCUT2D eigenvalue weighted by Gasteiger charge is -2.13. The van der Waals surface area contributed by atoms with Crippen LogP contribution in [-0.4, -0.2) is 7.11 Å². The van der Waals surface area contributed by atoms with Gasteiger partial charge in [-0.05, 0) is 24.5 Å². The molecule has 0 aliphatic heterocycles. The van der Waals surface area contributed by atoms with E-state index in [0.717, 1.165) is 23.6 Å². The highest BCUT2D eigenvalue weighted by Crippen LogP contribution is 2.14. The van der Waals surface area contributed by atoms with Crippen LogP contribution in [-0.2, 0) is 17.9 Å². The van der Waals surface area contributed by atoms with E-state index in [1.54, 1.807) is 7.11 Å². The molecule has 0 aliphatic rings. The number of allylic oxidation sites excluding steroid dienone is 1. The van der Waals surface area contributed by atoms with Crippen LogP contribution in [0.1, 0.15) is 44.6 Å². The zero-order valence-corrected chi connectivity index (χ0v) is 11.8. The van der Waals surface area contributed by atoms with Crippen molar-refractivity contribution in [1.82, 2.24) is 5.32 Å². The highest BCUT2D eigenvalue weighted by atomic mass is 16.5. The zero-order valence-electron chi connectivity index (χ0n) is 11.8. The van der Waals surface area contributed by atoms with Gasteiger partial charge in [-0.3, -0.25) is 0 Å². The fraction of sp³-hybridized carbons (Fsp3) is 0.600. The van der Waals surface area contributed by atoms with Gasteiger partial charge in [0.15, 0.2) is 0 Å². The van der Waals surface area contributed by atoms with Gasteiger partial charge < -0.3 is 14.5 Å². The molecule has 0 radical (unpaired) electrons. The minimum atomic E-state index is 0.522. The van der Waals surface area contributed by atoms with Gasteiger partial charge in [0.1, 0.15) is 18.1 Å². The fourth-order valence-electron chi connectivity index (χ4n) is 2.04. The van der Waals surface area contributed by atoms with Crippen LogP contribution in [0.4, 0.5) is 0 Å². The summed E-state index contributed by atoms with van der Waals surface area (Å²) in [6.07, 6.45) is 3.51. The van der Waals surface area contributed by atoms with Crippen LogP contribution in [0.15, 0.2) is 28.8 Å².